The normalized spacial score (nSPS) is 24.7. The van der Waals surface area contributed by atoms with Gasteiger partial charge in [-0.2, -0.15) is 0 Å². The largest absolute Gasteiger partial charge is 0.461 e. The summed E-state index contributed by atoms with van der Waals surface area (Å²) in [5, 5.41) is 3.08. The number of ether oxygens (including phenoxy) is 3. The number of nitrogens with two attached hydrogens (primary N) is 1. The van der Waals surface area contributed by atoms with Crippen molar-refractivity contribution in [3.8, 4) is 0 Å². The fourth-order valence-electron chi connectivity index (χ4n) is 2.68. The summed E-state index contributed by atoms with van der Waals surface area (Å²) in [6, 6.07) is -1.98. The van der Waals surface area contributed by atoms with Gasteiger partial charge in [-0.1, -0.05) is 0 Å². The highest BCUT2D eigenvalue weighted by Crippen LogP contribution is 2.23. The number of carbonyl (C=O) groups excluding carboxylic acids is 3. The number of esters is 3. The van der Waals surface area contributed by atoms with Gasteiger partial charge in [-0.05, 0) is 48.0 Å². The van der Waals surface area contributed by atoms with Gasteiger partial charge in [-0.3, -0.25) is 19.7 Å². The third-order valence-corrected chi connectivity index (χ3v) is 3.56. The van der Waals surface area contributed by atoms with Gasteiger partial charge in [0.2, 0.25) is 0 Å². The van der Waals surface area contributed by atoms with Crippen molar-refractivity contribution in [2.45, 2.75) is 96.7 Å². The molecule has 3 N–H and O–H groups in total. The third-order valence-electron chi connectivity index (χ3n) is 3.56. The summed E-state index contributed by atoms with van der Waals surface area (Å²) in [5.74, 6) is -1.43. The molecule has 1 rings (SSSR count). The number of hydrogen-bond acceptors (Lipinski definition) is 8. The summed E-state index contributed by atoms with van der Waals surface area (Å²) in [5.41, 5.74) is 4.68. The number of rotatable bonds is 5. The van der Waals surface area contributed by atoms with E-state index >= 15 is 0 Å². The predicted octanol–water partition coefficient (Wildman–Crippen LogP) is 1.05. The Morgan fingerprint density at radius 3 is 2.08 bits per heavy atom. The lowest BCUT2D eigenvalue weighted by atomic mass is 10.0. The minimum atomic E-state index is -0.901. The molecule has 0 aliphatic carbocycles. The van der Waals surface area contributed by atoms with Crippen LogP contribution in [0.3, 0.4) is 0 Å². The smallest absolute Gasteiger partial charge is 0.323 e. The Labute approximate surface area is 155 Å². The van der Waals surface area contributed by atoms with E-state index in [9.17, 15) is 14.4 Å². The van der Waals surface area contributed by atoms with Crippen molar-refractivity contribution in [3.63, 3.8) is 0 Å². The average Bonchev–Trinajstić information content (AvgIpc) is 2.77. The quantitative estimate of drug-likeness (QED) is 0.543. The molecule has 0 aromatic rings. The average molecular weight is 372 g/mol. The van der Waals surface area contributed by atoms with Crippen LogP contribution in [-0.2, 0) is 28.6 Å². The molecule has 26 heavy (non-hydrogen) atoms. The zero-order valence-corrected chi connectivity index (χ0v) is 16.8. The van der Waals surface area contributed by atoms with Crippen LogP contribution in [0.4, 0.5) is 0 Å². The molecule has 8 heteroatoms. The van der Waals surface area contributed by atoms with Gasteiger partial charge in [0.1, 0.15) is 29.4 Å². The molecule has 0 aromatic carbocycles. The third kappa shape index (κ3) is 7.70. The number of carbonyl (C=O) groups is 3. The predicted molar refractivity (Wildman–Crippen MR) is 95.2 cm³/mol. The molecule has 0 aromatic heterocycles. The van der Waals surface area contributed by atoms with Crippen LogP contribution >= 0.6 is 0 Å². The fraction of sp³-hybridized carbons (Fsp3) is 0.833. The monoisotopic (exact) mass is 372 g/mol. The first-order chi connectivity index (χ1) is 11.7. The van der Waals surface area contributed by atoms with Gasteiger partial charge < -0.3 is 19.9 Å². The molecule has 0 spiro atoms. The second kappa shape index (κ2) is 8.35. The molecule has 1 saturated heterocycles. The van der Waals surface area contributed by atoms with E-state index in [2.05, 4.69) is 5.32 Å². The molecule has 1 aliphatic rings. The zero-order valence-electron chi connectivity index (χ0n) is 16.8. The maximum Gasteiger partial charge on any atom is 0.323 e. The molecule has 1 fully saturated rings. The Kier molecular flexibility index (Phi) is 7.18. The molecule has 0 saturated carbocycles. The second-order valence-electron chi connectivity index (χ2n) is 8.62. The van der Waals surface area contributed by atoms with Gasteiger partial charge in [0.25, 0.3) is 0 Å². The van der Waals surface area contributed by atoms with Gasteiger partial charge >= 0.3 is 17.9 Å². The Bertz CT molecular complexity index is 535. The number of nitrogens with one attached hydrogen (secondary N) is 1. The first-order valence-electron chi connectivity index (χ1n) is 8.82. The topological polar surface area (TPSA) is 117 Å². The maximum absolute atomic E-state index is 12.3. The molecule has 0 bridgehead atoms. The summed E-state index contributed by atoms with van der Waals surface area (Å²) in [4.78, 5) is 35.8. The van der Waals surface area contributed by atoms with Gasteiger partial charge in [-0.15, -0.1) is 0 Å². The lowest BCUT2D eigenvalue weighted by Gasteiger charge is -2.25. The molecule has 150 valence electrons. The van der Waals surface area contributed by atoms with Crippen molar-refractivity contribution < 1.29 is 28.6 Å². The van der Waals surface area contributed by atoms with Crippen LogP contribution in [0.15, 0.2) is 0 Å². The standard InChI is InChI=1S/C18H32N2O6/c1-10(21)24-14-9-13(16(23)26-18(5,6)7)20-12(14)8-11(19)15(22)25-17(2,3)4/h11-14,20H,8-9,19H2,1-7H3/t11-,12-,13-,14-/m0/s1. The van der Waals surface area contributed by atoms with E-state index in [1.54, 1.807) is 41.5 Å². The van der Waals surface area contributed by atoms with E-state index in [1.165, 1.54) is 6.92 Å². The molecule has 1 heterocycles. The van der Waals surface area contributed by atoms with E-state index in [1.807, 2.05) is 0 Å². The van der Waals surface area contributed by atoms with Crippen molar-refractivity contribution in [1.29, 1.82) is 0 Å². The summed E-state index contributed by atoms with van der Waals surface area (Å²) in [6.07, 6.45) is -0.134. The molecule has 1 aliphatic heterocycles. The Hall–Kier alpha value is -1.67. The second-order valence-corrected chi connectivity index (χ2v) is 8.62. The van der Waals surface area contributed by atoms with E-state index in [0.717, 1.165) is 0 Å². The first kappa shape index (κ1) is 22.4. The molecule has 0 unspecified atom stereocenters. The van der Waals surface area contributed by atoms with Crippen molar-refractivity contribution in [1.82, 2.24) is 5.32 Å². The summed E-state index contributed by atoms with van der Waals surface area (Å²) in [6.45, 7) is 11.9. The van der Waals surface area contributed by atoms with E-state index in [-0.39, 0.29) is 12.8 Å². The SMILES string of the molecule is CC(=O)O[C@H]1C[C@@H](C(=O)OC(C)(C)C)N[C@H]1C[C@H](N)C(=O)OC(C)(C)C. The van der Waals surface area contributed by atoms with Gasteiger partial charge in [0, 0.05) is 19.4 Å². The molecular formula is C18H32N2O6. The highest BCUT2D eigenvalue weighted by Gasteiger charge is 2.42. The van der Waals surface area contributed by atoms with Crippen LogP contribution in [-0.4, -0.2) is 53.3 Å². The van der Waals surface area contributed by atoms with Crippen LogP contribution in [0.5, 0.6) is 0 Å². The maximum atomic E-state index is 12.3. The summed E-state index contributed by atoms with van der Waals surface area (Å²) < 4.78 is 16.0. The first-order valence-corrected chi connectivity index (χ1v) is 8.82. The van der Waals surface area contributed by atoms with E-state index in [0.29, 0.717) is 0 Å². The molecule has 8 nitrogen and oxygen atoms in total. The summed E-state index contributed by atoms with van der Waals surface area (Å²) in [7, 11) is 0. The Balaban J connectivity index is 2.78. The molecule has 4 atom stereocenters. The lowest BCUT2D eigenvalue weighted by Crippen LogP contribution is -2.46. The van der Waals surface area contributed by atoms with Gasteiger partial charge in [0.05, 0.1) is 0 Å². The van der Waals surface area contributed by atoms with Crippen LogP contribution < -0.4 is 11.1 Å². The minimum Gasteiger partial charge on any atom is -0.461 e. The van der Waals surface area contributed by atoms with Crippen molar-refractivity contribution in [3.05, 3.63) is 0 Å². The zero-order chi connectivity index (χ0) is 20.3. The lowest BCUT2D eigenvalue weighted by molar-refractivity contribution is -0.158. The molecular weight excluding hydrogens is 340 g/mol. The number of hydrogen-bond donors (Lipinski definition) is 2. The minimum absolute atomic E-state index is 0.173. The Morgan fingerprint density at radius 1 is 1.08 bits per heavy atom. The fourth-order valence-corrected chi connectivity index (χ4v) is 2.68. The van der Waals surface area contributed by atoms with Crippen molar-refractivity contribution in [2.24, 2.45) is 5.73 Å². The van der Waals surface area contributed by atoms with Crippen molar-refractivity contribution in [2.75, 3.05) is 0 Å². The van der Waals surface area contributed by atoms with Gasteiger partial charge in [-0.25, -0.2) is 0 Å². The summed E-state index contributed by atoms with van der Waals surface area (Å²) >= 11 is 0. The van der Waals surface area contributed by atoms with Crippen LogP contribution in [0.2, 0.25) is 0 Å². The van der Waals surface area contributed by atoms with Crippen LogP contribution in [0.25, 0.3) is 0 Å². The van der Waals surface area contributed by atoms with E-state index < -0.39 is 53.3 Å². The molecule has 0 radical (unpaired) electrons. The van der Waals surface area contributed by atoms with Crippen LogP contribution in [0, 0.1) is 0 Å². The van der Waals surface area contributed by atoms with Gasteiger partial charge in [0.15, 0.2) is 0 Å². The Morgan fingerprint density at radius 2 is 1.62 bits per heavy atom. The van der Waals surface area contributed by atoms with Crippen LogP contribution in [0.1, 0.15) is 61.3 Å². The van der Waals surface area contributed by atoms with Crippen molar-refractivity contribution >= 4 is 17.9 Å². The molecule has 0 amide bonds. The highest BCUT2D eigenvalue weighted by molar-refractivity contribution is 5.78. The highest BCUT2D eigenvalue weighted by atomic mass is 16.6. The van der Waals surface area contributed by atoms with E-state index in [4.69, 9.17) is 19.9 Å².